The molecule has 0 fully saturated rings. The molecule has 1 aromatic carbocycles. The van der Waals surface area contributed by atoms with Crippen molar-refractivity contribution in [3.8, 4) is 0 Å². The number of halogens is 1. The Morgan fingerprint density at radius 3 is 2.78 bits per heavy atom. The summed E-state index contributed by atoms with van der Waals surface area (Å²) >= 11 is 6.01. The number of aliphatic carboxylic acids is 1. The van der Waals surface area contributed by atoms with Crippen LogP contribution in [-0.4, -0.2) is 36.5 Å². The molecular weight excluding hydrogens is 370 g/mol. The van der Waals surface area contributed by atoms with Crippen LogP contribution in [0.5, 0.6) is 0 Å². The van der Waals surface area contributed by atoms with Crippen molar-refractivity contribution in [1.82, 2.24) is 19.6 Å². The minimum atomic E-state index is -0.919. The minimum absolute atomic E-state index is 0.0597. The Kier molecular flexibility index (Phi) is 5.56. The second-order valence-corrected chi connectivity index (χ2v) is 6.46. The zero-order valence-corrected chi connectivity index (χ0v) is 15.3. The second kappa shape index (κ2) is 8.05. The van der Waals surface area contributed by atoms with Gasteiger partial charge in [0.15, 0.2) is 11.5 Å². The summed E-state index contributed by atoms with van der Waals surface area (Å²) in [6.07, 6.45) is 1.51. The molecule has 0 spiro atoms. The molecule has 3 rings (SSSR count). The third kappa shape index (κ3) is 4.95. The first kappa shape index (κ1) is 18.7. The number of rotatable bonds is 7. The van der Waals surface area contributed by atoms with Gasteiger partial charge in [-0.05, 0) is 30.7 Å². The number of anilines is 1. The molecule has 0 aliphatic carbocycles. The van der Waals surface area contributed by atoms with Crippen LogP contribution in [0.15, 0.2) is 42.6 Å². The van der Waals surface area contributed by atoms with Crippen LogP contribution < -0.4 is 5.32 Å². The molecule has 27 heavy (non-hydrogen) atoms. The second-order valence-electron chi connectivity index (χ2n) is 6.02. The van der Waals surface area contributed by atoms with E-state index < -0.39 is 11.9 Å². The molecule has 8 nitrogen and oxygen atoms in total. The molecule has 140 valence electrons. The van der Waals surface area contributed by atoms with Crippen LogP contribution in [0, 0.1) is 6.92 Å². The minimum Gasteiger partial charge on any atom is -0.481 e. The lowest BCUT2D eigenvalue weighted by Crippen LogP contribution is -2.14. The molecule has 3 aromatic rings. The number of aryl methyl sites for hydroxylation is 2. The molecule has 0 unspecified atom stereocenters. The molecule has 0 atom stereocenters. The number of carboxylic acid groups (broad SMARTS) is 1. The predicted octanol–water partition coefficient (Wildman–Crippen LogP) is 2.82. The van der Waals surface area contributed by atoms with E-state index in [0.717, 1.165) is 11.3 Å². The first-order valence-corrected chi connectivity index (χ1v) is 8.64. The third-order valence-electron chi connectivity index (χ3n) is 3.87. The Bertz CT molecular complexity index is 979. The van der Waals surface area contributed by atoms with Gasteiger partial charge in [-0.3, -0.25) is 19.0 Å². The molecule has 0 aliphatic rings. The van der Waals surface area contributed by atoms with Crippen molar-refractivity contribution in [2.45, 2.75) is 26.4 Å². The largest absolute Gasteiger partial charge is 0.481 e. The topological polar surface area (TPSA) is 102 Å². The third-order valence-corrected chi connectivity index (χ3v) is 4.11. The van der Waals surface area contributed by atoms with Crippen LogP contribution in [0.1, 0.15) is 28.2 Å². The summed E-state index contributed by atoms with van der Waals surface area (Å²) in [6, 6.07) is 10.8. The van der Waals surface area contributed by atoms with E-state index in [4.69, 9.17) is 16.7 Å². The Balaban J connectivity index is 1.65. The number of carboxylic acids is 1. The molecule has 2 aromatic heterocycles. The van der Waals surface area contributed by atoms with Crippen LogP contribution >= 0.6 is 11.6 Å². The van der Waals surface area contributed by atoms with Gasteiger partial charge < -0.3 is 10.4 Å². The van der Waals surface area contributed by atoms with E-state index in [1.165, 1.54) is 10.7 Å². The number of benzene rings is 1. The molecule has 0 radical (unpaired) electrons. The number of hydrogen-bond acceptors (Lipinski definition) is 4. The van der Waals surface area contributed by atoms with E-state index >= 15 is 0 Å². The molecule has 9 heteroatoms. The van der Waals surface area contributed by atoms with E-state index in [9.17, 15) is 9.59 Å². The highest BCUT2D eigenvalue weighted by atomic mass is 35.5. The number of carbonyl (C=O) groups is 2. The van der Waals surface area contributed by atoms with Gasteiger partial charge in [0.1, 0.15) is 0 Å². The van der Waals surface area contributed by atoms with E-state index in [2.05, 4.69) is 15.5 Å². The van der Waals surface area contributed by atoms with Gasteiger partial charge in [-0.25, -0.2) is 0 Å². The lowest BCUT2D eigenvalue weighted by molar-refractivity contribution is -0.137. The molecular formula is C18H18ClN5O3. The van der Waals surface area contributed by atoms with Gasteiger partial charge in [0.25, 0.3) is 5.91 Å². The molecule has 0 bridgehead atoms. The van der Waals surface area contributed by atoms with Crippen molar-refractivity contribution in [1.29, 1.82) is 0 Å². The van der Waals surface area contributed by atoms with Crippen molar-refractivity contribution in [2.75, 3.05) is 5.32 Å². The summed E-state index contributed by atoms with van der Waals surface area (Å²) in [5.41, 5.74) is 2.09. The summed E-state index contributed by atoms with van der Waals surface area (Å²) in [4.78, 5) is 22.9. The maximum atomic E-state index is 12.3. The maximum Gasteiger partial charge on any atom is 0.305 e. The fourth-order valence-corrected chi connectivity index (χ4v) is 2.75. The normalized spacial score (nSPS) is 10.7. The van der Waals surface area contributed by atoms with Crippen LogP contribution in [-0.2, 0) is 17.9 Å². The standard InChI is InChI=1S/C18H18ClN5O3/c1-12-9-16(22-24(12)11-13-3-2-4-14(19)10-13)20-18(27)15-5-7-23(21-15)8-6-17(25)26/h2-5,7,9-10H,6,8,11H2,1H3,(H,25,26)(H,20,22,27). The predicted molar refractivity (Wildman–Crippen MR) is 100.0 cm³/mol. The van der Waals surface area contributed by atoms with E-state index in [0.29, 0.717) is 17.4 Å². The zero-order valence-electron chi connectivity index (χ0n) is 14.6. The van der Waals surface area contributed by atoms with Crippen LogP contribution in [0.3, 0.4) is 0 Å². The van der Waals surface area contributed by atoms with E-state index in [1.54, 1.807) is 16.9 Å². The Labute approximate surface area is 160 Å². The fourth-order valence-electron chi connectivity index (χ4n) is 2.54. The number of amides is 1. The number of nitrogens with zero attached hydrogens (tertiary/aromatic N) is 4. The van der Waals surface area contributed by atoms with E-state index in [-0.39, 0.29) is 18.7 Å². The Morgan fingerprint density at radius 2 is 2.04 bits per heavy atom. The van der Waals surface area contributed by atoms with Crippen molar-refractivity contribution in [3.63, 3.8) is 0 Å². The average Bonchev–Trinajstić information content (AvgIpc) is 3.20. The zero-order chi connectivity index (χ0) is 19.4. The lowest BCUT2D eigenvalue weighted by Gasteiger charge is -2.05. The van der Waals surface area contributed by atoms with Crippen molar-refractivity contribution < 1.29 is 14.7 Å². The summed E-state index contributed by atoms with van der Waals surface area (Å²) in [7, 11) is 0. The summed E-state index contributed by atoms with van der Waals surface area (Å²) in [6.45, 7) is 2.63. The molecule has 1 amide bonds. The van der Waals surface area contributed by atoms with Crippen LogP contribution in [0.25, 0.3) is 0 Å². The van der Waals surface area contributed by atoms with Gasteiger partial charge in [-0.15, -0.1) is 0 Å². The van der Waals surface area contributed by atoms with Gasteiger partial charge in [-0.1, -0.05) is 23.7 Å². The van der Waals surface area contributed by atoms with Crippen molar-refractivity contribution in [3.05, 3.63) is 64.6 Å². The summed E-state index contributed by atoms with van der Waals surface area (Å²) in [5.74, 6) is -0.909. The average molecular weight is 388 g/mol. The first-order valence-electron chi connectivity index (χ1n) is 8.26. The summed E-state index contributed by atoms with van der Waals surface area (Å²) in [5, 5.41) is 20.5. The quantitative estimate of drug-likeness (QED) is 0.649. The molecule has 0 aliphatic heterocycles. The van der Waals surface area contributed by atoms with Gasteiger partial charge in [0.2, 0.25) is 0 Å². The van der Waals surface area contributed by atoms with E-state index in [1.807, 2.05) is 31.2 Å². The van der Waals surface area contributed by atoms with Crippen LogP contribution in [0.2, 0.25) is 5.02 Å². The SMILES string of the molecule is Cc1cc(NC(=O)c2ccn(CCC(=O)O)n2)nn1Cc1cccc(Cl)c1. The van der Waals surface area contributed by atoms with Crippen molar-refractivity contribution in [2.24, 2.45) is 0 Å². The van der Waals surface area contributed by atoms with Gasteiger partial charge >= 0.3 is 5.97 Å². The number of aromatic nitrogens is 4. The lowest BCUT2D eigenvalue weighted by atomic mass is 10.2. The smallest absolute Gasteiger partial charge is 0.305 e. The number of nitrogens with one attached hydrogen (secondary N) is 1. The molecule has 0 saturated heterocycles. The molecule has 0 saturated carbocycles. The number of carbonyl (C=O) groups excluding carboxylic acids is 1. The number of hydrogen-bond donors (Lipinski definition) is 2. The Hall–Kier alpha value is -3.13. The highest BCUT2D eigenvalue weighted by Gasteiger charge is 2.13. The highest BCUT2D eigenvalue weighted by Crippen LogP contribution is 2.15. The first-order chi connectivity index (χ1) is 12.9. The summed E-state index contributed by atoms with van der Waals surface area (Å²) < 4.78 is 3.19. The van der Waals surface area contributed by atoms with Crippen LogP contribution in [0.4, 0.5) is 5.82 Å². The molecule has 2 heterocycles. The highest BCUT2D eigenvalue weighted by molar-refractivity contribution is 6.30. The van der Waals surface area contributed by atoms with Gasteiger partial charge in [0, 0.05) is 23.0 Å². The molecule has 2 N–H and O–H groups in total. The maximum absolute atomic E-state index is 12.3. The van der Waals surface area contributed by atoms with Crippen molar-refractivity contribution >= 4 is 29.3 Å². The van der Waals surface area contributed by atoms with Gasteiger partial charge in [-0.2, -0.15) is 10.2 Å². The van der Waals surface area contributed by atoms with Gasteiger partial charge in [0.05, 0.1) is 19.5 Å². The Morgan fingerprint density at radius 1 is 1.22 bits per heavy atom. The monoisotopic (exact) mass is 387 g/mol. The fraction of sp³-hybridized carbons (Fsp3) is 0.222.